The number of hydrogen-bond acceptors (Lipinski definition) is 4. The molecule has 20 heavy (non-hydrogen) atoms. The van der Waals surface area contributed by atoms with Gasteiger partial charge < -0.3 is 20.3 Å². The van der Waals surface area contributed by atoms with Crippen LogP contribution in [0.2, 0.25) is 0 Å². The van der Waals surface area contributed by atoms with Crippen molar-refractivity contribution < 1.29 is 14.9 Å². The summed E-state index contributed by atoms with van der Waals surface area (Å²) in [5.41, 5.74) is 0.503. The number of aliphatic hydroxyl groups excluding tert-OH is 2. The topological polar surface area (TPSA) is 61.7 Å². The summed E-state index contributed by atoms with van der Waals surface area (Å²) in [6, 6.07) is 7.92. The molecule has 3 N–H and O–H groups in total. The van der Waals surface area contributed by atoms with Gasteiger partial charge in [0.2, 0.25) is 0 Å². The van der Waals surface area contributed by atoms with E-state index in [2.05, 4.69) is 12.2 Å². The fraction of sp³-hybridized carbons (Fsp3) is 0.625. The van der Waals surface area contributed by atoms with Crippen LogP contribution in [0.4, 0.5) is 0 Å². The summed E-state index contributed by atoms with van der Waals surface area (Å²) in [4.78, 5) is 0. The van der Waals surface area contributed by atoms with E-state index in [1.54, 1.807) is 0 Å². The van der Waals surface area contributed by atoms with Gasteiger partial charge in [0.25, 0.3) is 0 Å². The maximum atomic E-state index is 9.38. The Hall–Kier alpha value is -1.10. The lowest BCUT2D eigenvalue weighted by Crippen LogP contribution is -2.50. The van der Waals surface area contributed by atoms with Crippen LogP contribution < -0.4 is 10.1 Å². The van der Waals surface area contributed by atoms with E-state index in [0.29, 0.717) is 13.0 Å². The zero-order valence-electron chi connectivity index (χ0n) is 12.6. The third-order valence-electron chi connectivity index (χ3n) is 3.64. The first-order valence-corrected chi connectivity index (χ1v) is 7.38. The summed E-state index contributed by atoms with van der Waals surface area (Å²) >= 11 is 0. The molecule has 0 aliphatic rings. The molecule has 0 aliphatic carbocycles. The van der Waals surface area contributed by atoms with Crippen molar-refractivity contribution in [3.63, 3.8) is 0 Å². The van der Waals surface area contributed by atoms with Crippen molar-refractivity contribution in [2.24, 2.45) is 0 Å². The van der Waals surface area contributed by atoms with E-state index in [1.807, 2.05) is 31.2 Å². The zero-order chi connectivity index (χ0) is 14.8. The summed E-state index contributed by atoms with van der Waals surface area (Å²) in [6.07, 6.45) is 2.87. The molecule has 0 amide bonds. The van der Waals surface area contributed by atoms with Crippen molar-refractivity contribution in [2.75, 3.05) is 19.8 Å². The first-order chi connectivity index (χ1) is 9.69. The van der Waals surface area contributed by atoms with Crippen molar-refractivity contribution in [1.82, 2.24) is 5.32 Å². The van der Waals surface area contributed by atoms with Gasteiger partial charge in [0.05, 0.1) is 25.4 Å². The van der Waals surface area contributed by atoms with E-state index in [9.17, 15) is 10.2 Å². The van der Waals surface area contributed by atoms with E-state index < -0.39 is 5.54 Å². The monoisotopic (exact) mass is 281 g/mol. The van der Waals surface area contributed by atoms with Crippen LogP contribution in [0.1, 0.15) is 38.7 Å². The molecule has 4 heteroatoms. The van der Waals surface area contributed by atoms with Crippen LogP contribution in [0.15, 0.2) is 24.3 Å². The van der Waals surface area contributed by atoms with Crippen LogP contribution in [0.25, 0.3) is 0 Å². The average Bonchev–Trinajstić information content (AvgIpc) is 2.51. The minimum absolute atomic E-state index is 0.0712. The normalized spacial score (nSPS) is 11.6. The molecule has 4 nitrogen and oxygen atoms in total. The molecule has 0 heterocycles. The minimum atomic E-state index is -0.601. The maximum absolute atomic E-state index is 9.38. The smallest absolute Gasteiger partial charge is 0.119 e. The minimum Gasteiger partial charge on any atom is -0.494 e. The number of hydrogen-bond donors (Lipinski definition) is 3. The Kier molecular flexibility index (Phi) is 7.59. The van der Waals surface area contributed by atoms with Crippen molar-refractivity contribution in [3.05, 3.63) is 29.8 Å². The van der Waals surface area contributed by atoms with Crippen LogP contribution in [0.3, 0.4) is 0 Å². The third kappa shape index (κ3) is 5.12. The fourth-order valence-electron chi connectivity index (χ4n) is 1.84. The maximum Gasteiger partial charge on any atom is 0.119 e. The molecule has 0 saturated carbocycles. The molecule has 0 saturated heterocycles. The summed E-state index contributed by atoms with van der Waals surface area (Å²) in [7, 11) is 0. The molecule has 0 aromatic heterocycles. The van der Waals surface area contributed by atoms with Crippen molar-refractivity contribution in [2.45, 2.75) is 45.2 Å². The van der Waals surface area contributed by atoms with Crippen molar-refractivity contribution in [3.8, 4) is 5.75 Å². The number of ether oxygens (including phenoxy) is 1. The second-order valence-corrected chi connectivity index (χ2v) is 5.15. The van der Waals surface area contributed by atoms with Crippen LogP contribution in [-0.2, 0) is 6.54 Å². The molecule has 1 aromatic rings. The van der Waals surface area contributed by atoms with Gasteiger partial charge >= 0.3 is 0 Å². The van der Waals surface area contributed by atoms with Crippen LogP contribution in [0.5, 0.6) is 5.75 Å². The number of rotatable bonds is 10. The van der Waals surface area contributed by atoms with Crippen molar-refractivity contribution in [1.29, 1.82) is 0 Å². The number of unbranched alkanes of at least 4 members (excludes halogenated alkanes) is 1. The molecular weight excluding hydrogens is 254 g/mol. The average molecular weight is 281 g/mol. The van der Waals surface area contributed by atoms with Crippen LogP contribution >= 0.6 is 0 Å². The molecule has 0 atom stereocenters. The molecule has 0 bridgehead atoms. The quantitative estimate of drug-likeness (QED) is 0.575. The Morgan fingerprint density at radius 2 is 1.75 bits per heavy atom. The Morgan fingerprint density at radius 1 is 1.10 bits per heavy atom. The summed E-state index contributed by atoms with van der Waals surface area (Å²) in [6.45, 7) is 5.31. The highest BCUT2D eigenvalue weighted by Gasteiger charge is 2.25. The standard InChI is InChI=1S/C16H27NO3/c1-3-5-10-20-15-8-6-14(7-9-15)11-17-16(4-2,12-18)13-19/h6-9,17-19H,3-5,10-13H2,1-2H3. The lowest BCUT2D eigenvalue weighted by molar-refractivity contribution is 0.0864. The second kappa shape index (κ2) is 8.95. The van der Waals surface area contributed by atoms with E-state index in [1.165, 1.54) is 0 Å². The van der Waals surface area contributed by atoms with Gasteiger partial charge in [-0.25, -0.2) is 0 Å². The molecule has 0 radical (unpaired) electrons. The van der Waals surface area contributed by atoms with Gasteiger partial charge in [0.15, 0.2) is 0 Å². The second-order valence-electron chi connectivity index (χ2n) is 5.15. The highest BCUT2D eigenvalue weighted by atomic mass is 16.5. The van der Waals surface area contributed by atoms with E-state index in [-0.39, 0.29) is 13.2 Å². The molecular formula is C16H27NO3. The number of aliphatic hydroxyl groups is 2. The van der Waals surface area contributed by atoms with E-state index >= 15 is 0 Å². The van der Waals surface area contributed by atoms with Crippen LogP contribution in [0, 0.1) is 0 Å². The summed E-state index contributed by atoms with van der Waals surface area (Å²) in [5, 5.41) is 22.0. The molecule has 0 fully saturated rings. The molecule has 1 rings (SSSR count). The van der Waals surface area contributed by atoms with Crippen molar-refractivity contribution >= 4 is 0 Å². The fourth-order valence-corrected chi connectivity index (χ4v) is 1.84. The predicted molar refractivity (Wildman–Crippen MR) is 80.9 cm³/mol. The first kappa shape index (κ1) is 17.0. The van der Waals surface area contributed by atoms with Crippen LogP contribution in [-0.4, -0.2) is 35.6 Å². The highest BCUT2D eigenvalue weighted by Crippen LogP contribution is 2.14. The lowest BCUT2D eigenvalue weighted by atomic mass is 9.98. The summed E-state index contributed by atoms with van der Waals surface area (Å²) < 4.78 is 5.61. The number of nitrogens with one attached hydrogen (secondary N) is 1. The predicted octanol–water partition coefficient (Wildman–Crippen LogP) is 2.09. The largest absolute Gasteiger partial charge is 0.494 e. The molecule has 1 aromatic carbocycles. The molecule has 0 spiro atoms. The Labute approximate surface area is 121 Å². The van der Waals surface area contributed by atoms with Gasteiger partial charge in [-0.2, -0.15) is 0 Å². The van der Waals surface area contributed by atoms with Gasteiger partial charge in [-0.1, -0.05) is 32.4 Å². The molecule has 0 aliphatic heterocycles. The highest BCUT2D eigenvalue weighted by molar-refractivity contribution is 5.27. The Morgan fingerprint density at radius 3 is 2.25 bits per heavy atom. The summed E-state index contributed by atoms with van der Waals surface area (Å²) in [5.74, 6) is 0.883. The van der Waals surface area contributed by atoms with E-state index in [4.69, 9.17) is 4.74 Å². The molecule has 0 unspecified atom stereocenters. The Balaban J connectivity index is 2.48. The zero-order valence-corrected chi connectivity index (χ0v) is 12.6. The van der Waals surface area contributed by atoms with Gasteiger partial charge in [-0.15, -0.1) is 0 Å². The van der Waals surface area contributed by atoms with Gasteiger partial charge in [0.1, 0.15) is 5.75 Å². The van der Waals surface area contributed by atoms with Gasteiger partial charge in [0, 0.05) is 6.54 Å². The number of benzene rings is 1. The lowest BCUT2D eigenvalue weighted by Gasteiger charge is -2.29. The van der Waals surface area contributed by atoms with Gasteiger partial charge in [-0.05, 0) is 30.5 Å². The Bertz CT molecular complexity index is 352. The first-order valence-electron chi connectivity index (χ1n) is 7.38. The third-order valence-corrected chi connectivity index (χ3v) is 3.64. The van der Waals surface area contributed by atoms with Gasteiger partial charge in [-0.3, -0.25) is 0 Å². The van der Waals surface area contributed by atoms with E-state index in [0.717, 1.165) is 30.8 Å². The SMILES string of the molecule is CCCCOc1ccc(CNC(CC)(CO)CO)cc1. The molecule has 114 valence electrons.